The number of rotatable bonds is 6. The molecule has 0 radical (unpaired) electrons. The quantitative estimate of drug-likeness (QED) is 0.424. The molecule has 0 amide bonds. The van der Waals surface area contributed by atoms with Crippen molar-refractivity contribution in [3.63, 3.8) is 0 Å². The van der Waals surface area contributed by atoms with Gasteiger partial charge in [0.25, 0.3) is 0 Å². The Morgan fingerprint density at radius 1 is 1.00 bits per heavy atom. The molecule has 0 spiro atoms. The van der Waals surface area contributed by atoms with Crippen molar-refractivity contribution < 1.29 is 15.0 Å². The van der Waals surface area contributed by atoms with Crippen molar-refractivity contribution >= 4 is 39.4 Å². The molecule has 0 atom stereocenters. The molecule has 1 fully saturated rings. The van der Waals surface area contributed by atoms with Gasteiger partial charge < -0.3 is 19.7 Å². The molecule has 1 aliphatic rings. The highest BCUT2D eigenvalue weighted by atomic mass is 35.5. The maximum absolute atomic E-state index is 11.4. The van der Waals surface area contributed by atoms with E-state index in [-0.39, 0.29) is 5.69 Å². The summed E-state index contributed by atoms with van der Waals surface area (Å²) in [6.45, 7) is 3.44. The van der Waals surface area contributed by atoms with Crippen molar-refractivity contribution in [2.45, 2.75) is 31.4 Å². The number of aliphatic hydroxyl groups is 1. The number of carboxylic acid groups (broad SMARTS) is 1. The molecule has 1 saturated heterocycles. The number of aromatic carboxylic acids is 1. The first kappa shape index (κ1) is 21.9. The monoisotopic (exact) mass is 463 g/mol. The molecule has 5 rings (SSSR count). The lowest BCUT2D eigenvalue weighted by atomic mass is 9.84. The molecule has 6 nitrogen and oxygen atoms in total. The van der Waals surface area contributed by atoms with Gasteiger partial charge in [0.2, 0.25) is 0 Å². The smallest absolute Gasteiger partial charge is 0.354 e. The lowest BCUT2D eigenvalue weighted by molar-refractivity contribution is -0.0261. The first-order valence-corrected chi connectivity index (χ1v) is 11.6. The maximum Gasteiger partial charge on any atom is 0.354 e. The number of fused-ring (bicyclic) bond motifs is 3. The summed E-state index contributed by atoms with van der Waals surface area (Å²) in [5, 5.41) is 23.1. The number of benzene rings is 2. The van der Waals surface area contributed by atoms with Crippen molar-refractivity contribution in [3.8, 4) is 0 Å². The van der Waals surface area contributed by atoms with E-state index in [4.69, 9.17) is 11.6 Å². The molecule has 0 bridgehead atoms. The third-order valence-electron chi connectivity index (χ3n) is 6.80. The van der Waals surface area contributed by atoms with Crippen LogP contribution in [0.5, 0.6) is 0 Å². The number of carbonyl (C=O) groups is 1. The van der Waals surface area contributed by atoms with Crippen LogP contribution >= 0.6 is 11.6 Å². The number of hydrogen-bond donors (Lipinski definition) is 2. The number of carboxylic acids is 1. The standard InChI is InChI=1S/C26H26ClN3O3/c27-19-8-6-18(7-9-19)26(33)10-14-29(15-11-26)12-3-13-30-23-5-2-1-4-20(23)21-16-22(25(31)32)28-17-24(21)30/h1-2,4-9,16-17,33H,3,10-15H2,(H,31,32). The molecule has 7 heteroatoms. The Morgan fingerprint density at radius 2 is 1.73 bits per heavy atom. The van der Waals surface area contributed by atoms with Crippen LogP contribution in [0, 0.1) is 0 Å². The Kier molecular flexibility index (Phi) is 5.83. The largest absolute Gasteiger partial charge is 0.477 e. The van der Waals surface area contributed by atoms with Gasteiger partial charge in [-0.3, -0.25) is 0 Å². The van der Waals surface area contributed by atoms with Gasteiger partial charge in [-0.05, 0) is 55.6 Å². The molecular weight excluding hydrogens is 438 g/mol. The Balaban J connectivity index is 1.27. The second-order valence-electron chi connectivity index (χ2n) is 8.79. The summed E-state index contributed by atoms with van der Waals surface area (Å²) in [6.07, 6.45) is 4.03. The van der Waals surface area contributed by atoms with Crippen LogP contribution in [-0.2, 0) is 12.1 Å². The van der Waals surface area contributed by atoms with Gasteiger partial charge in [-0.2, -0.15) is 0 Å². The predicted octanol–water partition coefficient (Wildman–Crippen LogP) is 4.91. The van der Waals surface area contributed by atoms with E-state index in [0.29, 0.717) is 17.9 Å². The van der Waals surface area contributed by atoms with Gasteiger partial charge in [0.05, 0.1) is 17.3 Å². The average Bonchev–Trinajstić information content (AvgIpc) is 3.14. The molecule has 3 heterocycles. The Labute approximate surface area is 197 Å². The van der Waals surface area contributed by atoms with E-state index < -0.39 is 11.6 Å². The van der Waals surface area contributed by atoms with Crippen LogP contribution in [0.25, 0.3) is 21.8 Å². The highest BCUT2D eigenvalue weighted by Crippen LogP contribution is 2.34. The fourth-order valence-electron chi connectivity index (χ4n) is 4.95. The first-order chi connectivity index (χ1) is 15.9. The van der Waals surface area contributed by atoms with Crippen LogP contribution in [-0.4, -0.2) is 50.3 Å². The predicted molar refractivity (Wildman–Crippen MR) is 130 cm³/mol. The zero-order valence-electron chi connectivity index (χ0n) is 18.2. The minimum Gasteiger partial charge on any atom is -0.477 e. The average molecular weight is 464 g/mol. The third-order valence-corrected chi connectivity index (χ3v) is 7.05. The summed E-state index contributed by atoms with van der Waals surface area (Å²) in [7, 11) is 0. The van der Waals surface area contributed by atoms with E-state index >= 15 is 0 Å². The van der Waals surface area contributed by atoms with Crippen LogP contribution in [0.3, 0.4) is 0 Å². The summed E-state index contributed by atoms with van der Waals surface area (Å²) >= 11 is 5.99. The molecule has 0 saturated carbocycles. The summed E-state index contributed by atoms with van der Waals surface area (Å²) in [5.74, 6) is -1.02. The zero-order valence-corrected chi connectivity index (χ0v) is 19.0. The molecule has 2 aromatic carbocycles. The highest BCUT2D eigenvalue weighted by Gasteiger charge is 2.33. The second kappa shape index (κ2) is 8.78. The van der Waals surface area contributed by atoms with Crippen molar-refractivity contribution in [2.24, 2.45) is 0 Å². The van der Waals surface area contributed by atoms with Gasteiger partial charge >= 0.3 is 5.97 Å². The fraction of sp³-hybridized carbons (Fsp3) is 0.308. The number of piperidine rings is 1. The number of likely N-dealkylation sites (tertiary alicyclic amines) is 1. The number of aromatic nitrogens is 2. The van der Waals surface area contributed by atoms with Gasteiger partial charge in [-0.15, -0.1) is 0 Å². The molecule has 2 N–H and O–H groups in total. The zero-order chi connectivity index (χ0) is 23.0. The molecule has 2 aromatic heterocycles. The molecule has 4 aromatic rings. The SMILES string of the molecule is O=C(O)c1cc2c3ccccc3n(CCCN3CCC(O)(c4ccc(Cl)cc4)CC3)c2cn1. The van der Waals surface area contributed by atoms with Crippen LogP contribution < -0.4 is 0 Å². The number of aryl methyl sites for hydroxylation is 1. The first-order valence-electron chi connectivity index (χ1n) is 11.3. The van der Waals surface area contributed by atoms with Gasteiger partial charge in [0, 0.05) is 40.9 Å². The van der Waals surface area contributed by atoms with Gasteiger partial charge in [0.15, 0.2) is 0 Å². The van der Waals surface area contributed by atoms with E-state index in [0.717, 1.165) is 60.0 Å². The van der Waals surface area contributed by atoms with Crippen LogP contribution in [0.15, 0.2) is 60.8 Å². The number of halogens is 1. The van der Waals surface area contributed by atoms with E-state index in [2.05, 4.69) is 20.5 Å². The van der Waals surface area contributed by atoms with Crippen molar-refractivity contribution in [3.05, 3.63) is 77.1 Å². The van der Waals surface area contributed by atoms with Crippen molar-refractivity contribution in [1.82, 2.24) is 14.5 Å². The van der Waals surface area contributed by atoms with Gasteiger partial charge in [-0.1, -0.05) is 41.9 Å². The summed E-state index contributed by atoms with van der Waals surface area (Å²) in [6, 6.07) is 17.3. The molecule has 33 heavy (non-hydrogen) atoms. The van der Waals surface area contributed by atoms with Crippen molar-refractivity contribution in [2.75, 3.05) is 19.6 Å². The van der Waals surface area contributed by atoms with Crippen LogP contribution in [0.2, 0.25) is 5.02 Å². The Bertz CT molecular complexity index is 1310. The summed E-state index contributed by atoms with van der Waals surface area (Å²) < 4.78 is 2.23. The molecular formula is C26H26ClN3O3. The molecule has 170 valence electrons. The Hall–Kier alpha value is -2.93. The number of nitrogens with zero attached hydrogens (tertiary/aromatic N) is 3. The minimum atomic E-state index is -1.02. The lowest BCUT2D eigenvalue weighted by Crippen LogP contribution is -2.43. The number of hydrogen-bond acceptors (Lipinski definition) is 4. The highest BCUT2D eigenvalue weighted by molar-refractivity contribution is 6.30. The molecule has 0 aliphatic carbocycles. The second-order valence-corrected chi connectivity index (χ2v) is 9.23. The lowest BCUT2D eigenvalue weighted by Gasteiger charge is -2.38. The van der Waals surface area contributed by atoms with Crippen molar-refractivity contribution in [1.29, 1.82) is 0 Å². The normalized spacial score (nSPS) is 16.4. The van der Waals surface area contributed by atoms with E-state index in [9.17, 15) is 15.0 Å². The van der Waals surface area contributed by atoms with Gasteiger partial charge in [-0.25, -0.2) is 9.78 Å². The van der Waals surface area contributed by atoms with Gasteiger partial charge in [0.1, 0.15) is 5.69 Å². The number of para-hydroxylation sites is 1. The van der Waals surface area contributed by atoms with Crippen LogP contribution in [0.1, 0.15) is 35.3 Å². The number of pyridine rings is 1. The molecule has 0 unspecified atom stereocenters. The minimum absolute atomic E-state index is 0.0619. The van der Waals surface area contributed by atoms with Crippen LogP contribution in [0.4, 0.5) is 0 Å². The summed E-state index contributed by atoms with van der Waals surface area (Å²) in [5.41, 5.74) is 2.25. The van der Waals surface area contributed by atoms with E-state index in [1.807, 2.05) is 42.5 Å². The fourth-order valence-corrected chi connectivity index (χ4v) is 5.08. The maximum atomic E-state index is 11.4. The Morgan fingerprint density at radius 3 is 2.45 bits per heavy atom. The van der Waals surface area contributed by atoms with E-state index in [1.54, 1.807) is 12.3 Å². The van der Waals surface area contributed by atoms with E-state index in [1.165, 1.54) is 0 Å². The topological polar surface area (TPSA) is 78.6 Å². The third kappa shape index (κ3) is 4.22. The summed E-state index contributed by atoms with van der Waals surface area (Å²) in [4.78, 5) is 17.9. The molecule has 1 aliphatic heterocycles.